The summed E-state index contributed by atoms with van der Waals surface area (Å²) in [7, 11) is 1.39. The topological polar surface area (TPSA) is 303 Å². The number of aromatic nitrogens is 12. The van der Waals surface area contributed by atoms with E-state index in [1.54, 1.807) is 55.8 Å². The minimum atomic E-state index is -0.341. The van der Waals surface area contributed by atoms with Crippen molar-refractivity contribution < 1.29 is 19.1 Å². The second-order valence-electron chi connectivity index (χ2n) is 24.7. The van der Waals surface area contributed by atoms with Crippen LogP contribution in [0.3, 0.4) is 0 Å². The van der Waals surface area contributed by atoms with Crippen molar-refractivity contribution in [2.24, 2.45) is 11.5 Å². The van der Waals surface area contributed by atoms with Crippen LogP contribution in [0.1, 0.15) is 53.0 Å². The van der Waals surface area contributed by atoms with Crippen molar-refractivity contribution in [3.63, 3.8) is 0 Å². The van der Waals surface area contributed by atoms with Gasteiger partial charge in [-0.25, -0.2) is 29.9 Å². The average Bonchev–Trinajstić information content (AvgIpc) is 0.782. The van der Waals surface area contributed by atoms with Crippen LogP contribution in [0.5, 0.6) is 0 Å². The number of anilines is 3. The van der Waals surface area contributed by atoms with E-state index >= 15 is 0 Å². The van der Waals surface area contributed by atoms with E-state index in [-0.39, 0.29) is 37.0 Å². The summed E-state index contributed by atoms with van der Waals surface area (Å²) in [6.45, 7) is 1.56. The number of aryl methyl sites for hydroxylation is 3. The first-order valence-corrected chi connectivity index (χ1v) is 34.5. The molecule has 522 valence electrons. The number of carbonyl (C=O) groups excluding carboxylic acids is 3. The number of amides is 2. The predicted octanol–water partition coefficient (Wildman–Crippen LogP) is 15.0. The fraction of sp³-hybridized carbons (Fsp3) is 0.118. The summed E-state index contributed by atoms with van der Waals surface area (Å²) in [6, 6.07) is 72.3. The van der Waals surface area contributed by atoms with Crippen molar-refractivity contribution in [2.45, 2.75) is 58.2 Å². The summed E-state index contributed by atoms with van der Waals surface area (Å²) in [6.07, 6.45) is 18.2. The number of pyridine rings is 6. The van der Waals surface area contributed by atoms with Gasteiger partial charge in [0.05, 0.1) is 76.5 Å². The highest BCUT2D eigenvalue weighted by Crippen LogP contribution is 2.38. The largest absolute Gasteiger partial charge is 0.469 e. The van der Waals surface area contributed by atoms with Crippen LogP contribution >= 0.6 is 0 Å². The van der Waals surface area contributed by atoms with Crippen molar-refractivity contribution >= 4 is 67.9 Å². The molecule has 0 bridgehead atoms. The quantitative estimate of drug-likeness (QED) is 0.0351. The molecule has 0 spiro atoms. The van der Waals surface area contributed by atoms with Crippen LogP contribution in [0.2, 0.25) is 0 Å². The summed E-state index contributed by atoms with van der Waals surface area (Å²) in [5, 5.41) is 13.3. The number of nitrogens with two attached hydrogens (primary N) is 2. The molecule has 6 aromatic carbocycles. The zero-order valence-corrected chi connectivity index (χ0v) is 58.0. The maximum Gasteiger partial charge on any atom is 0.305 e. The molecule has 2 amide bonds. The SMILES string of the molecule is COC(=O)CCc1cncc(-c2nc(NCc3ccccn3)c3c(-c4ccccc4)cccc3n2)c1.NC(=O)CCc1cncc(-c2nc(NCc3ccccn3)c3c(-c4ccccc4)cccc3n2)c1.NC(=O)CCc1cncc(-c2nc(NCc3ccccn3)c3c(-c4ccccc4)cccc3n2)c1. The first kappa shape index (κ1) is 70.5. The molecule has 0 unspecified atom stereocenters. The Morgan fingerprint density at radius 3 is 0.943 bits per heavy atom. The van der Waals surface area contributed by atoms with E-state index in [0.717, 1.165) is 134 Å². The molecule has 15 aromatic rings. The molecule has 0 aliphatic heterocycles. The zero-order chi connectivity index (χ0) is 72.8. The number of esters is 1. The van der Waals surface area contributed by atoms with Gasteiger partial charge in [-0.05, 0) is 142 Å². The van der Waals surface area contributed by atoms with Crippen molar-refractivity contribution in [1.82, 2.24) is 59.8 Å². The highest BCUT2D eigenvalue weighted by molar-refractivity contribution is 6.05. The Morgan fingerprint density at radius 2 is 0.651 bits per heavy atom. The number of benzene rings is 6. The fourth-order valence-electron chi connectivity index (χ4n) is 12.0. The van der Waals surface area contributed by atoms with Crippen molar-refractivity contribution in [3.05, 3.63) is 308 Å². The van der Waals surface area contributed by atoms with E-state index < -0.39 is 0 Å². The van der Waals surface area contributed by atoms with Crippen LogP contribution in [0, 0.1) is 0 Å². The molecular weight excluding hydrogens is 1320 g/mol. The lowest BCUT2D eigenvalue weighted by molar-refractivity contribution is -0.140. The lowest BCUT2D eigenvalue weighted by Gasteiger charge is -2.14. The number of primary amides is 2. The van der Waals surface area contributed by atoms with E-state index in [4.69, 9.17) is 46.1 Å². The molecule has 9 heterocycles. The second-order valence-corrected chi connectivity index (χ2v) is 24.7. The third-order valence-electron chi connectivity index (χ3n) is 17.2. The molecule has 7 N–H and O–H groups in total. The van der Waals surface area contributed by atoms with Crippen LogP contribution in [-0.4, -0.2) is 84.7 Å². The monoisotopic (exact) mass is 1400 g/mol. The Hall–Kier alpha value is -14.0. The number of rotatable bonds is 24. The lowest BCUT2D eigenvalue weighted by Crippen LogP contribution is -2.11. The Kier molecular flexibility index (Phi) is 23.0. The van der Waals surface area contributed by atoms with Crippen LogP contribution < -0.4 is 27.4 Å². The third kappa shape index (κ3) is 18.2. The maximum atomic E-state index is 11.6. The molecule has 0 radical (unpaired) electrons. The van der Waals surface area contributed by atoms with Crippen LogP contribution in [0.25, 0.3) is 100 Å². The van der Waals surface area contributed by atoms with Gasteiger partial charge in [0.2, 0.25) is 11.8 Å². The van der Waals surface area contributed by atoms with Gasteiger partial charge >= 0.3 is 5.97 Å². The van der Waals surface area contributed by atoms with Crippen LogP contribution in [0.15, 0.2) is 274 Å². The van der Waals surface area contributed by atoms with Gasteiger partial charge in [-0.2, -0.15) is 0 Å². The van der Waals surface area contributed by atoms with Gasteiger partial charge < -0.3 is 32.2 Å². The summed E-state index contributed by atoms with van der Waals surface area (Å²) in [5.74, 6) is 2.90. The van der Waals surface area contributed by atoms with E-state index in [9.17, 15) is 14.4 Å². The highest BCUT2D eigenvalue weighted by atomic mass is 16.5. The third-order valence-corrected chi connectivity index (χ3v) is 17.2. The maximum absolute atomic E-state index is 11.6. The van der Waals surface area contributed by atoms with Gasteiger partial charge in [-0.3, -0.25) is 44.3 Å². The molecule has 0 atom stereocenters. The average molecular weight is 1400 g/mol. The summed E-state index contributed by atoms with van der Waals surface area (Å²) in [4.78, 5) is 89.8. The molecule has 0 saturated heterocycles. The van der Waals surface area contributed by atoms with Crippen LogP contribution in [0.4, 0.5) is 17.5 Å². The molecule has 0 fully saturated rings. The number of nitrogens with zero attached hydrogens (tertiary/aromatic N) is 12. The normalized spacial score (nSPS) is 10.8. The van der Waals surface area contributed by atoms with Gasteiger partial charge in [-0.1, -0.05) is 146 Å². The number of nitrogens with one attached hydrogen (secondary N) is 3. The van der Waals surface area contributed by atoms with Gasteiger partial charge in [-0.15, -0.1) is 0 Å². The zero-order valence-electron chi connectivity index (χ0n) is 58.0. The minimum Gasteiger partial charge on any atom is -0.469 e. The van der Waals surface area contributed by atoms with E-state index in [0.29, 0.717) is 56.4 Å². The number of carbonyl (C=O) groups is 3. The first-order valence-electron chi connectivity index (χ1n) is 34.5. The Bertz CT molecular complexity index is 5290. The number of ether oxygens (including phenoxy) is 1. The molecule has 106 heavy (non-hydrogen) atoms. The summed E-state index contributed by atoms with van der Waals surface area (Å²) < 4.78 is 4.76. The van der Waals surface area contributed by atoms with Crippen molar-refractivity contribution in [3.8, 4) is 67.5 Å². The smallest absolute Gasteiger partial charge is 0.305 e. The Labute approximate surface area is 611 Å². The molecule has 0 aliphatic rings. The second kappa shape index (κ2) is 34.6. The lowest BCUT2D eigenvalue weighted by atomic mass is 10.0. The number of hydrogen-bond acceptors (Lipinski definition) is 19. The van der Waals surface area contributed by atoms with E-state index in [2.05, 4.69) is 100 Å². The van der Waals surface area contributed by atoms with E-state index in [1.807, 2.05) is 164 Å². The summed E-state index contributed by atoms with van der Waals surface area (Å²) >= 11 is 0. The first-order chi connectivity index (χ1) is 52.0. The van der Waals surface area contributed by atoms with Gasteiger partial charge in [0.1, 0.15) is 17.5 Å². The highest BCUT2D eigenvalue weighted by Gasteiger charge is 2.20. The summed E-state index contributed by atoms with van der Waals surface area (Å²) in [5.41, 5.74) is 27.3. The number of methoxy groups -OCH3 is 1. The minimum absolute atomic E-state index is 0.253. The molecule has 9 aromatic heterocycles. The number of fused-ring (bicyclic) bond motifs is 3. The van der Waals surface area contributed by atoms with Gasteiger partial charge in [0.15, 0.2) is 17.5 Å². The fourth-order valence-corrected chi connectivity index (χ4v) is 12.0. The van der Waals surface area contributed by atoms with Crippen molar-refractivity contribution in [2.75, 3.05) is 23.1 Å². The van der Waals surface area contributed by atoms with Gasteiger partial charge in [0.25, 0.3) is 0 Å². The molecule has 0 saturated carbocycles. The molecule has 15 rings (SSSR count). The predicted molar refractivity (Wildman–Crippen MR) is 415 cm³/mol. The molecule has 0 aliphatic carbocycles. The molecule has 21 heteroatoms. The molecular formula is C85H73N17O4. The Balaban J connectivity index is 0.000000141. The van der Waals surface area contributed by atoms with Crippen molar-refractivity contribution in [1.29, 1.82) is 0 Å². The molecule has 21 nitrogen and oxygen atoms in total. The Morgan fingerprint density at radius 1 is 0.340 bits per heavy atom. The van der Waals surface area contributed by atoms with Crippen LogP contribution in [-0.2, 0) is 58.0 Å². The van der Waals surface area contributed by atoms with Gasteiger partial charge in [0, 0.05) is 91.7 Å². The number of hydrogen-bond donors (Lipinski definition) is 5. The van der Waals surface area contributed by atoms with E-state index in [1.165, 1.54) is 7.11 Å². The standard InChI is InChI=1S/C29H25N5O2.2C28H24N6O/c1-36-26(35)14-13-20-16-22(18-30-17-20)28-33-25-12-7-11-24(21-8-3-2-4-9-21)27(25)29(34-28)32-19-23-10-5-6-15-31-23;2*29-25(35)13-12-19-15-21(17-30-16-19)27-33-24-11-6-10-23(20-7-2-1-3-8-20)26(24)28(34-27)32-18-22-9-4-5-14-31-22/h2-12,15-18H,13-14,19H2,1H3,(H,32,33,34);2*1-11,14-17H,12-13,18H2,(H2,29,35)(H,32,33,34).